The minimum absolute atomic E-state index is 0.133. The molecular formula is C17H18F3N3O2. The topological polar surface area (TPSA) is 56.2 Å². The van der Waals surface area contributed by atoms with E-state index in [9.17, 15) is 18.0 Å². The maximum absolute atomic E-state index is 12.7. The SMILES string of the molecule is O=C(Cc1cccc(C(F)(F)F)c1)Nc1cnn(C2CCOCC2)c1. The van der Waals surface area contributed by atoms with Crippen LogP contribution in [-0.4, -0.2) is 28.9 Å². The Kier molecular flexibility index (Phi) is 5.08. The monoisotopic (exact) mass is 353 g/mol. The Labute approximate surface area is 142 Å². The van der Waals surface area contributed by atoms with Crippen LogP contribution in [0.25, 0.3) is 0 Å². The Morgan fingerprint density at radius 1 is 1.32 bits per heavy atom. The lowest BCUT2D eigenvalue weighted by Gasteiger charge is -2.22. The summed E-state index contributed by atoms with van der Waals surface area (Å²) >= 11 is 0. The summed E-state index contributed by atoms with van der Waals surface area (Å²) in [5, 5.41) is 6.92. The number of carbonyl (C=O) groups excluding carboxylic acids is 1. The first kappa shape index (κ1) is 17.5. The molecule has 134 valence electrons. The van der Waals surface area contributed by atoms with E-state index in [1.165, 1.54) is 12.1 Å². The maximum Gasteiger partial charge on any atom is 0.416 e. The molecule has 0 spiro atoms. The molecule has 2 heterocycles. The first-order valence-electron chi connectivity index (χ1n) is 8.00. The molecule has 1 aromatic heterocycles. The van der Waals surface area contributed by atoms with Gasteiger partial charge in [-0.3, -0.25) is 9.48 Å². The molecule has 2 aromatic rings. The molecule has 1 aromatic carbocycles. The van der Waals surface area contributed by atoms with Crippen molar-refractivity contribution in [2.75, 3.05) is 18.5 Å². The van der Waals surface area contributed by atoms with Gasteiger partial charge >= 0.3 is 6.18 Å². The number of alkyl halides is 3. The van der Waals surface area contributed by atoms with Crippen molar-refractivity contribution >= 4 is 11.6 Å². The quantitative estimate of drug-likeness (QED) is 0.916. The van der Waals surface area contributed by atoms with Gasteiger partial charge in [-0.1, -0.05) is 18.2 Å². The average Bonchev–Trinajstić information content (AvgIpc) is 3.03. The smallest absolute Gasteiger partial charge is 0.381 e. The van der Waals surface area contributed by atoms with E-state index in [0.29, 0.717) is 24.5 Å². The van der Waals surface area contributed by atoms with Crippen molar-refractivity contribution in [3.63, 3.8) is 0 Å². The first-order chi connectivity index (χ1) is 11.9. The number of nitrogens with one attached hydrogen (secondary N) is 1. The Morgan fingerprint density at radius 3 is 2.80 bits per heavy atom. The molecule has 0 aliphatic carbocycles. The normalized spacial score (nSPS) is 16.0. The number of ether oxygens (including phenoxy) is 1. The maximum atomic E-state index is 12.7. The predicted octanol–water partition coefficient (Wildman–Crippen LogP) is 3.43. The summed E-state index contributed by atoms with van der Waals surface area (Å²) in [7, 11) is 0. The largest absolute Gasteiger partial charge is 0.416 e. The third-order valence-electron chi connectivity index (χ3n) is 4.07. The van der Waals surface area contributed by atoms with Gasteiger partial charge in [-0.2, -0.15) is 18.3 Å². The van der Waals surface area contributed by atoms with Crippen molar-refractivity contribution in [1.82, 2.24) is 9.78 Å². The van der Waals surface area contributed by atoms with Gasteiger partial charge in [0.05, 0.1) is 29.9 Å². The van der Waals surface area contributed by atoms with Crippen LogP contribution in [0.1, 0.15) is 30.0 Å². The van der Waals surface area contributed by atoms with Crippen molar-refractivity contribution in [3.05, 3.63) is 47.8 Å². The molecule has 1 fully saturated rings. The van der Waals surface area contributed by atoms with E-state index in [0.717, 1.165) is 25.0 Å². The minimum atomic E-state index is -4.42. The van der Waals surface area contributed by atoms with E-state index < -0.39 is 11.7 Å². The Balaban J connectivity index is 1.60. The van der Waals surface area contributed by atoms with Crippen LogP contribution in [0.4, 0.5) is 18.9 Å². The minimum Gasteiger partial charge on any atom is -0.381 e. The molecule has 0 bridgehead atoms. The van der Waals surface area contributed by atoms with Gasteiger partial charge in [0.25, 0.3) is 0 Å². The highest BCUT2D eigenvalue weighted by atomic mass is 19.4. The number of nitrogens with zero attached hydrogens (tertiary/aromatic N) is 2. The zero-order valence-corrected chi connectivity index (χ0v) is 13.4. The van der Waals surface area contributed by atoms with Crippen LogP contribution in [0.3, 0.4) is 0 Å². The van der Waals surface area contributed by atoms with Gasteiger partial charge in [-0.05, 0) is 24.5 Å². The summed E-state index contributed by atoms with van der Waals surface area (Å²) in [4.78, 5) is 12.1. The van der Waals surface area contributed by atoms with E-state index in [2.05, 4.69) is 10.4 Å². The predicted molar refractivity (Wildman–Crippen MR) is 85.1 cm³/mol. The Hall–Kier alpha value is -2.35. The van der Waals surface area contributed by atoms with Crippen molar-refractivity contribution < 1.29 is 22.7 Å². The summed E-state index contributed by atoms with van der Waals surface area (Å²) in [5.41, 5.74) is 0.0813. The van der Waals surface area contributed by atoms with E-state index in [4.69, 9.17) is 4.74 Å². The molecule has 0 atom stereocenters. The van der Waals surface area contributed by atoms with Crippen LogP contribution < -0.4 is 5.32 Å². The van der Waals surface area contributed by atoms with E-state index in [1.54, 1.807) is 17.1 Å². The van der Waals surface area contributed by atoms with Crippen molar-refractivity contribution in [1.29, 1.82) is 0 Å². The molecule has 25 heavy (non-hydrogen) atoms. The molecule has 8 heteroatoms. The summed E-state index contributed by atoms with van der Waals surface area (Å²) in [6.07, 6.45) is 0.446. The van der Waals surface area contributed by atoms with Crippen LogP contribution in [0.15, 0.2) is 36.7 Å². The molecule has 3 rings (SSSR count). The summed E-state index contributed by atoms with van der Waals surface area (Å²) in [6, 6.07) is 5.02. The number of rotatable bonds is 4. The average molecular weight is 353 g/mol. The van der Waals surface area contributed by atoms with Gasteiger partial charge in [0.2, 0.25) is 5.91 Å². The van der Waals surface area contributed by atoms with Crippen LogP contribution in [-0.2, 0) is 22.1 Å². The van der Waals surface area contributed by atoms with E-state index >= 15 is 0 Å². The number of aromatic nitrogens is 2. The molecule has 1 saturated heterocycles. The van der Waals surface area contributed by atoms with E-state index in [-0.39, 0.29) is 18.4 Å². The van der Waals surface area contributed by atoms with Gasteiger partial charge in [0.1, 0.15) is 0 Å². The van der Waals surface area contributed by atoms with E-state index in [1.807, 2.05) is 0 Å². The fourth-order valence-corrected chi connectivity index (χ4v) is 2.80. The van der Waals surface area contributed by atoms with Crippen LogP contribution >= 0.6 is 0 Å². The highest BCUT2D eigenvalue weighted by Gasteiger charge is 2.30. The second-order valence-electron chi connectivity index (χ2n) is 5.98. The number of anilines is 1. The first-order valence-corrected chi connectivity index (χ1v) is 8.00. The molecule has 0 radical (unpaired) electrons. The Bertz CT molecular complexity index is 737. The van der Waals surface area contributed by atoms with Crippen molar-refractivity contribution in [3.8, 4) is 0 Å². The summed E-state index contributed by atoms with van der Waals surface area (Å²) < 4.78 is 45.2. The van der Waals surface area contributed by atoms with Crippen molar-refractivity contribution in [2.24, 2.45) is 0 Å². The van der Waals surface area contributed by atoms with Crippen LogP contribution in [0, 0.1) is 0 Å². The number of benzene rings is 1. The van der Waals surface area contributed by atoms with Gasteiger partial charge < -0.3 is 10.1 Å². The van der Waals surface area contributed by atoms with Gasteiger partial charge in [0.15, 0.2) is 0 Å². The molecule has 1 aliphatic heterocycles. The lowest BCUT2D eigenvalue weighted by Crippen LogP contribution is -2.20. The number of carbonyl (C=O) groups is 1. The molecule has 0 unspecified atom stereocenters. The Morgan fingerprint density at radius 2 is 2.08 bits per heavy atom. The van der Waals surface area contributed by atoms with Gasteiger partial charge in [-0.15, -0.1) is 0 Å². The zero-order valence-electron chi connectivity index (χ0n) is 13.4. The number of halogens is 3. The molecule has 5 nitrogen and oxygen atoms in total. The molecule has 1 aliphatic rings. The summed E-state index contributed by atoms with van der Waals surface area (Å²) in [6.45, 7) is 1.36. The molecule has 1 N–H and O–H groups in total. The fourth-order valence-electron chi connectivity index (χ4n) is 2.80. The van der Waals surface area contributed by atoms with Crippen molar-refractivity contribution in [2.45, 2.75) is 31.5 Å². The van der Waals surface area contributed by atoms with Crippen LogP contribution in [0.2, 0.25) is 0 Å². The highest BCUT2D eigenvalue weighted by molar-refractivity contribution is 5.92. The summed E-state index contributed by atoms with van der Waals surface area (Å²) in [5.74, 6) is -0.383. The van der Waals surface area contributed by atoms with Gasteiger partial charge in [0, 0.05) is 19.4 Å². The lowest BCUT2D eigenvalue weighted by molar-refractivity contribution is -0.137. The standard InChI is InChI=1S/C17H18F3N3O2/c18-17(19,20)13-3-1-2-12(8-13)9-16(24)22-14-10-21-23(11-14)15-4-6-25-7-5-15/h1-3,8,10-11,15H,4-7,9H2,(H,22,24). The number of hydrogen-bond acceptors (Lipinski definition) is 3. The number of hydrogen-bond donors (Lipinski definition) is 1. The molecule has 0 saturated carbocycles. The molecule has 1 amide bonds. The third-order valence-corrected chi connectivity index (χ3v) is 4.07. The third kappa shape index (κ3) is 4.60. The second kappa shape index (κ2) is 7.26. The second-order valence-corrected chi connectivity index (χ2v) is 5.98. The fraction of sp³-hybridized carbons (Fsp3) is 0.412. The van der Waals surface area contributed by atoms with Gasteiger partial charge in [-0.25, -0.2) is 0 Å². The van der Waals surface area contributed by atoms with Crippen LogP contribution in [0.5, 0.6) is 0 Å². The zero-order chi connectivity index (χ0) is 17.9. The highest BCUT2D eigenvalue weighted by Crippen LogP contribution is 2.29. The lowest BCUT2D eigenvalue weighted by atomic mass is 10.1. The number of amides is 1. The molecular weight excluding hydrogens is 335 g/mol.